The Morgan fingerprint density at radius 3 is 2.63 bits per heavy atom. The van der Waals surface area contributed by atoms with Crippen LogP contribution in [0.1, 0.15) is 48.2 Å². The fourth-order valence-corrected chi connectivity index (χ4v) is 2.70. The molecule has 0 spiro atoms. The zero-order valence-corrected chi connectivity index (χ0v) is 16.3. The van der Waals surface area contributed by atoms with Gasteiger partial charge < -0.3 is 15.2 Å². The summed E-state index contributed by atoms with van der Waals surface area (Å²) in [5.74, 6) is 0.630. The number of amides is 1. The summed E-state index contributed by atoms with van der Waals surface area (Å²) in [6.45, 7) is 8.33. The first-order valence-corrected chi connectivity index (χ1v) is 9.02. The van der Waals surface area contributed by atoms with Crippen LogP contribution in [0.3, 0.4) is 0 Å². The molecule has 0 aliphatic carbocycles. The molecule has 27 heavy (non-hydrogen) atoms. The number of aldehydes is 1. The number of phenols is 1. The second-order valence-electron chi connectivity index (χ2n) is 7.45. The van der Waals surface area contributed by atoms with E-state index in [2.05, 4.69) is 11.4 Å². The number of benzene rings is 2. The highest BCUT2D eigenvalue weighted by Gasteiger charge is 2.27. The molecule has 0 heterocycles. The number of hydrogen-bond donors (Lipinski definition) is 2. The quantitative estimate of drug-likeness (QED) is 0.404. The molecule has 0 saturated carbocycles. The third-order valence-corrected chi connectivity index (χ3v) is 4.57. The topological polar surface area (TPSA) is 75.6 Å². The van der Waals surface area contributed by atoms with Gasteiger partial charge in [0.05, 0.1) is 12.2 Å². The number of aryl methyl sites for hydroxylation is 2. The Bertz CT molecular complexity index is 827. The lowest BCUT2D eigenvalue weighted by atomic mass is 9.87. The van der Waals surface area contributed by atoms with E-state index in [4.69, 9.17) is 4.74 Å². The first-order chi connectivity index (χ1) is 12.7. The van der Waals surface area contributed by atoms with E-state index >= 15 is 0 Å². The van der Waals surface area contributed by atoms with Crippen molar-refractivity contribution in [3.05, 3.63) is 53.1 Å². The molecule has 0 atom stereocenters. The monoisotopic (exact) mass is 369 g/mol. The van der Waals surface area contributed by atoms with Gasteiger partial charge in [-0.25, -0.2) is 0 Å². The van der Waals surface area contributed by atoms with Crippen molar-refractivity contribution in [3.63, 3.8) is 0 Å². The number of aromatic hydroxyl groups is 1. The molecule has 2 rings (SSSR count). The van der Waals surface area contributed by atoms with Crippen molar-refractivity contribution in [2.75, 3.05) is 11.9 Å². The molecule has 0 aliphatic rings. The second kappa shape index (κ2) is 8.71. The smallest absolute Gasteiger partial charge is 0.230 e. The van der Waals surface area contributed by atoms with Crippen molar-refractivity contribution in [1.29, 1.82) is 0 Å². The Morgan fingerprint density at radius 1 is 1.19 bits per heavy atom. The van der Waals surface area contributed by atoms with E-state index in [1.165, 1.54) is 12.1 Å². The van der Waals surface area contributed by atoms with Gasteiger partial charge in [0.2, 0.25) is 5.91 Å². The van der Waals surface area contributed by atoms with Crippen LogP contribution in [0.15, 0.2) is 36.4 Å². The molecule has 0 fully saturated rings. The van der Waals surface area contributed by atoms with Crippen LogP contribution in [-0.2, 0) is 4.79 Å². The van der Waals surface area contributed by atoms with Crippen LogP contribution in [0.4, 0.5) is 5.69 Å². The Kier molecular flexibility index (Phi) is 6.61. The summed E-state index contributed by atoms with van der Waals surface area (Å²) >= 11 is 0. The number of phenolic OH excluding ortho intramolecular Hbond substituents is 1. The first-order valence-electron chi connectivity index (χ1n) is 9.02. The summed E-state index contributed by atoms with van der Waals surface area (Å²) in [5, 5.41) is 12.4. The van der Waals surface area contributed by atoms with Gasteiger partial charge in [-0.15, -0.1) is 0 Å². The molecule has 0 saturated heterocycles. The van der Waals surface area contributed by atoms with Crippen LogP contribution >= 0.6 is 0 Å². The van der Waals surface area contributed by atoms with Gasteiger partial charge in [-0.3, -0.25) is 9.59 Å². The van der Waals surface area contributed by atoms with Crippen LogP contribution in [0.25, 0.3) is 0 Å². The molecule has 5 heteroatoms. The number of hydrogen-bond acceptors (Lipinski definition) is 4. The number of nitrogens with one attached hydrogen (secondary N) is 1. The maximum absolute atomic E-state index is 12.6. The highest BCUT2D eigenvalue weighted by Crippen LogP contribution is 2.27. The molecule has 144 valence electrons. The Balaban J connectivity index is 1.88. The van der Waals surface area contributed by atoms with Crippen LogP contribution in [0.5, 0.6) is 11.5 Å². The Hall–Kier alpha value is -2.82. The Morgan fingerprint density at radius 2 is 1.93 bits per heavy atom. The minimum Gasteiger partial charge on any atom is -0.507 e. The number of carbonyl (C=O) groups excluding carboxylic acids is 2. The minimum atomic E-state index is -0.593. The fourth-order valence-electron chi connectivity index (χ4n) is 2.70. The lowest BCUT2D eigenvalue weighted by Crippen LogP contribution is -2.31. The lowest BCUT2D eigenvalue weighted by Gasteiger charge is -2.24. The van der Waals surface area contributed by atoms with E-state index in [0.717, 1.165) is 23.3 Å². The standard InChI is InChI=1S/C22H27NO4/c1-15-6-7-16(2)20(12-15)27-11-5-10-22(3,4)21(26)23-18-8-9-19(25)17(13-18)14-24/h6-9,12-14,25H,5,10-11H2,1-4H3,(H,23,26). The van der Waals surface area contributed by atoms with Crippen LogP contribution in [0, 0.1) is 19.3 Å². The normalized spacial score (nSPS) is 11.1. The van der Waals surface area contributed by atoms with Crippen molar-refractivity contribution in [1.82, 2.24) is 0 Å². The average Bonchev–Trinajstić information content (AvgIpc) is 2.63. The van der Waals surface area contributed by atoms with Gasteiger partial charge in [0.15, 0.2) is 6.29 Å². The summed E-state index contributed by atoms with van der Waals surface area (Å²) < 4.78 is 5.86. The van der Waals surface area contributed by atoms with Gasteiger partial charge in [-0.2, -0.15) is 0 Å². The van der Waals surface area contributed by atoms with E-state index in [0.29, 0.717) is 25.0 Å². The molecule has 5 nitrogen and oxygen atoms in total. The Labute approximate surface area is 160 Å². The van der Waals surface area contributed by atoms with Gasteiger partial charge in [-0.1, -0.05) is 26.0 Å². The number of rotatable bonds is 8. The summed E-state index contributed by atoms with van der Waals surface area (Å²) in [5.41, 5.74) is 2.28. The van der Waals surface area contributed by atoms with Crippen molar-refractivity contribution in [2.45, 2.75) is 40.5 Å². The SMILES string of the molecule is Cc1ccc(C)c(OCCCC(C)(C)C(=O)Nc2ccc(O)c(C=O)c2)c1. The molecule has 2 aromatic rings. The molecular formula is C22H27NO4. The summed E-state index contributed by atoms with van der Waals surface area (Å²) in [7, 11) is 0. The number of carbonyl (C=O) groups is 2. The maximum atomic E-state index is 12.6. The highest BCUT2D eigenvalue weighted by atomic mass is 16.5. The maximum Gasteiger partial charge on any atom is 0.230 e. The van der Waals surface area contributed by atoms with Crippen molar-refractivity contribution < 1.29 is 19.4 Å². The molecule has 0 bridgehead atoms. The molecular weight excluding hydrogens is 342 g/mol. The zero-order chi connectivity index (χ0) is 20.0. The van der Waals surface area contributed by atoms with E-state index < -0.39 is 5.41 Å². The zero-order valence-electron chi connectivity index (χ0n) is 16.3. The average molecular weight is 369 g/mol. The van der Waals surface area contributed by atoms with Crippen LogP contribution in [0.2, 0.25) is 0 Å². The van der Waals surface area contributed by atoms with Crippen molar-refractivity contribution >= 4 is 17.9 Å². The van der Waals surface area contributed by atoms with E-state index in [9.17, 15) is 14.7 Å². The van der Waals surface area contributed by atoms with Crippen molar-refractivity contribution in [2.24, 2.45) is 5.41 Å². The molecule has 1 amide bonds. The third kappa shape index (κ3) is 5.58. The predicted molar refractivity (Wildman–Crippen MR) is 107 cm³/mol. The van der Waals surface area contributed by atoms with Crippen LogP contribution < -0.4 is 10.1 Å². The molecule has 2 aromatic carbocycles. The predicted octanol–water partition coefficient (Wildman–Crippen LogP) is 4.65. The van der Waals surface area contributed by atoms with Gasteiger partial charge in [0, 0.05) is 11.1 Å². The van der Waals surface area contributed by atoms with Crippen molar-refractivity contribution in [3.8, 4) is 11.5 Å². The molecule has 0 aliphatic heterocycles. The third-order valence-electron chi connectivity index (χ3n) is 4.57. The first kappa shape index (κ1) is 20.5. The minimum absolute atomic E-state index is 0.106. The molecule has 0 aromatic heterocycles. The summed E-state index contributed by atoms with van der Waals surface area (Å²) in [6.07, 6.45) is 1.95. The summed E-state index contributed by atoms with van der Waals surface area (Å²) in [4.78, 5) is 23.5. The summed E-state index contributed by atoms with van der Waals surface area (Å²) in [6, 6.07) is 10.5. The molecule has 2 N–H and O–H groups in total. The second-order valence-corrected chi connectivity index (χ2v) is 7.45. The van der Waals surface area contributed by atoms with Gasteiger partial charge in [0.1, 0.15) is 11.5 Å². The number of anilines is 1. The van der Waals surface area contributed by atoms with E-state index in [-0.39, 0.29) is 17.2 Å². The fraction of sp³-hybridized carbons (Fsp3) is 0.364. The largest absolute Gasteiger partial charge is 0.507 e. The number of ether oxygens (including phenoxy) is 1. The highest BCUT2D eigenvalue weighted by molar-refractivity contribution is 5.95. The van der Waals surface area contributed by atoms with Gasteiger partial charge in [-0.05, 0) is 62.1 Å². The van der Waals surface area contributed by atoms with Gasteiger partial charge >= 0.3 is 0 Å². The van der Waals surface area contributed by atoms with E-state index in [1.807, 2.05) is 39.8 Å². The van der Waals surface area contributed by atoms with Gasteiger partial charge in [0.25, 0.3) is 0 Å². The molecule has 0 unspecified atom stereocenters. The molecule has 0 radical (unpaired) electrons. The van der Waals surface area contributed by atoms with Crippen LogP contribution in [-0.4, -0.2) is 23.9 Å². The van der Waals surface area contributed by atoms with E-state index in [1.54, 1.807) is 6.07 Å². The lowest BCUT2D eigenvalue weighted by molar-refractivity contribution is -0.124.